The van der Waals surface area contributed by atoms with Gasteiger partial charge in [0, 0.05) is 26.8 Å². The van der Waals surface area contributed by atoms with Gasteiger partial charge in [0.25, 0.3) is 5.91 Å². The number of anilines is 3. The topological polar surface area (TPSA) is 145 Å². The van der Waals surface area contributed by atoms with Crippen LogP contribution >= 0.6 is 0 Å². The number of nitrogens with zero attached hydrogens (tertiary/aromatic N) is 5. The molecule has 0 aliphatic carbocycles. The summed E-state index contributed by atoms with van der Waals surface area (Å²) in [6.07, 6.45) is 2.65. The summed E-state index contributed by atoms with van der Waals surface area (Å²) in [5.74, 6) is 0.442. The Bertz CT molecular complexity index is 1150. The van der Waals surface area contributed by atoms with E-state index in [0.29, 0.717) is 41.7 Å². The van der Waals surface area contributed by atoms with E-state index in [9.17, 15) is 9.59 Å². The molecule has 34 heavy (non-hydrogen) atoms. The number of aryl methyl sites for hydroxylation is 1. The molecule has 0 bridgehead atoms. The second-order valence-electron chi connectivity index (χ2n) is 7.23. The number of rotatable bonds is 11. The van der Waals surface area contributed by atoms with Crippen LogP contribution in [0.25, 0.3) is 11.4 Å². The molecule has 0 aliphatic rings. The first-order chi connectivity index (χ1) is 16.5. The van der Waals surface area contributed by atoms with E-state index in [0.717, 1.165) is 6.42 Å². The first kappa shape index (κ1) is 24.6. The summed E-state index contributed by atoms with van der Waals surface area (Å²) >= 11 is 0. The Hall–Kier alpha value is -4.06. The van der Waals surface area contributed by atoms with Crippen molar-refractivity contribution in [1.82, 2.24) is 30.3 Å². The number of ether oxygens (including phenoxy) is 2. The molecule has 3 rings (SSSR count). The lowest BCUT2D eigenvalue weighted by atomic mass is 10.1. The number of nitrogens with one attached hydrogen (secondary N) is 3. The number of aromatic nitrogens is 5. The summed E-state index contributed by atoms with van der Waals surface area (Å²) in [5, 5.41) is 20.7. The van der Waals surface area contributed by atoms with E-state index in [2.05, 4.69) is 36.2 Å². The second-order valence-corrected chi connectivity index (χ2v) is 7.23. The molecular weight excluding hydrogens is 440 g/mol. The van der Waals surface area contributed by atoms with Gasteiger partial charge in [-0.2, -0.15) is 5.10 Å². The first-order valence-corrected chi connectivity index (χ1v) is 10.7. The molecular formula is C22H28N8O4. The minimum Gasteiger partial charge on any atom is -0.494 e. The largest absolute Gasteiger partial charge is 0.494 e. The Balaban J connectivity index is 1.90. The molecule has 0 saturated carbocycles. The zero-order valence-electron chi connectivity index (χ0n) is 19.6. The van der Waals surface area contributed by atoms with Gasteiger partial charge in [0.05, 0.1) is 37.1 Å². The Labute approximate surface area is 197 Å². The number of hydrogen-bond acceptors (Lipinski definition) is 9. The number of amides is 2. The number of benzene rings is 1. The van der Waals surface area contributed by atoms with Crippen molar-refractivity contribution in [3.8, 4) is 17.1 Å². The van der Waals surface area contributed by atoms with Gasteiger partial charge in [-0.1, -0.05) is 13.0 Å². The van der Waals surface area contributed by atoms with Crippen LogP contribution in [0.2, 0.25) is 0 Å². The van der Waals surface area contributed by atoms with Crippen LogP contribution in [0.15, 0.2) is 30.6 Å². The van der Waals surface area contributed by atoms with Crippen molar-refractivity contribution in [2.75, 3.05) is 38.0 Å². The van der Waals surface area contributed by atoms with Gasteiger partial charge < -0.3 is 25.4 Å². The molecule has 0 unspecified atom stereocenters. The van der Waals surface area contributed by atoms with E-state index in [1.165, 1.54) is 20.2 Å². The highest BCUT2D eigenvalue weighted by Crippen LogP contribution is 2.37. The van der Waals surface area contributed by atoms with Crippen molar-refractivity contribution >= 4 is 29.0 Å². The third-order valence-electron chi connectivity index (χ3n) is 4.65. The smallest absolute Gasteiger partial charge is 0.273 e. The van der Waals surface area contributed by atoms with Gasteiger partial charge >= 0.3 is 0 Å². The van der Waals surface area contributed by atoms with Gasteiger partial charge in [0.1, 0.15) is 6.33 Å². The highest BCUT2D eigenvalue weighted by atomic mass is 16.5. The van der Waals surface area contributed by atoms with Gasteiger partial charge in [-0.3, -0.25) is 14.3 Å². The standard InChI is InChI=1S/C22H28N8O4/c1-5-10-34-11-9-18(31)26-17-12-16(19(28-27-17)22(32)23-2)25-15-8-6-7-14(20(15)33-4)21-24-13-30(3)29-21/h6-8,12-13H,5,9-11H2,1-4H3,(H,23,32)(H2,25,26,27,31). The fraction of sp³-hybridized carbons (Fsp3) is 0.364. The van der Waals surface area contributed by atoms with Crippen LogP contribution in [0.5, 0.6) is 5.75 Å². The minimum absolute atomic E-state index is 0.0511. The van der Waals surface area contributed by atoms with E-state index in [1.54, 1.807) is 24.1 Å². The minimum atomic E-state index is -0.442. The van der Waals surface area contributed by atoms with E-state index in [-0.39, 0.29) is 23.8 Å². The molecule has 2 heterocycles. The van der Waals surface area contributed by atoms with Crippen LogP contribution in [0.4, 0.5) is 17.2 Å². The van der Waals surface area contributed by atoms with Gasteiger partial charge in [-0.05, 0) is 18.6 Å². The van der Waals surface area contributed by atoms with Crippen LogP contribution in [-0.2, 0) is 16.6 Å². The Kier molecular flexibility index (Phi) is 8.46. The second kappa shape index (κ2) is 11.7. The number of carbonyl (C=O) groups is 2. The number of carbonyl (C=O) groups excluding carboxylic acids is 2. The SMILES string of the molecule is CCCOCCC(=O)Nc1cc(Nc2cccc(-c3ncn(C)n3)c2OC)c(C(=O)NC)nn1. The number of para-hydroxylation sites is 1. The molecule has 3 aromatic rings. The summed E-state index contributed by atoms with van der Waals surface area (Å²) in [6.45, 7) is 2.90. The van der Waals surface area contributed by atoms with Crippen molar-refractivity contribution in [3.63, 3.8) is 0 Å². The van der Waals surface area contributed by atoms with Crippen LogP contribution in [0.3, 0.4) is 0 Å². The highest BCUT2D eigenvalue weighted by molar-refractivity contribution is 5.99. The van der Waals surface area contributed by atoms with E-state index < -0.39 is 5.91 Å². The molecule has 0 saturated heterocycles. The molecule has 3 N–H and O–H groups in total. The first-order valence-electron chi connectivity index (χ1n) is 10.7. The molecule has 0 radical (unpaired) electrons. The van der Waals surface area contributed by atoms with Crippen LogP contribution in [-0.4, -0.2) is 64.1 Å². The normalized spacial score (nSPS) is 10.6. The summed E-state index contributed by atoms with van der Waals surface area (Å²) in [4.78, 5) is 28.9. The maximum Gasteiger partial charge on any atom is 0.273 e. The molecule has 12 heteroatoms. The van der Waals surface area contributed by atoms with Gasteiger partial charge in [-0.15, -0.1) is 10.2 Å². The van der Waals surface area contributed by atoms with Crippen LogP contribution < -0.4 is 20.7 Å². The molecule has 2 aromatic heterocycles. The molecule has 0 fully saturated rings. The van der Waals surface area contributed by atoms with Crippen LogP contribution in [0, 0.1) is 0 Å². The fourth-order valence-corrected chi connectivity index (χ4v) is 3.09. The summed E-state index contributed by atoms with van der Waals surface area (Å²) in [6, 6.07) is 6.95. The zero-order valence-corrected chi connectivity index (χ0v) is 19.6. The monoisotopic (exact) mass is 468 g/mol. The van der Waals surface area contributed by atoms with Crippen LogP contribution in [0.1, 0.15) is 30.3 Å². The molecule has 180 valence electrons. The lowest BCUT2D eigenvalue weighted by Crippen LogP contribution is -2.22. The van der Waals surface area contributed by atoms with E-state index >= 15 is 0 Å². The van der Waals surface area contributed by atoms with E-state index in [4.69, 9.17) is 9.47 Å². The van der Waals surface area contributed by atoms with Crippen molar-refractivity contribution in [3.05, 3.63) is 36.3 Å². The third kappa shape index (κ3) is 6.04. The predicted molar refractivity (Wildman–Crippen MR) is 126 cm³/mol. The molecule has 12 nitrogen and oxygen atoms in total. The maximum absolute atomic E-state index is 12.4. The predicted octanol–water partition coefficient (Wildman–Crippen LogP) is 2.14. The molecule has 2 amide bonds. The average molecular weight is 469 g/mol. The Morgan fingerprint density at radius 2 is 1.97 bits per heavy atom. The number of methoxy groups -OCH3 is 1. The van der Waals surface area contributed by atoms with Gasteiger partial charge in [0.15, 0.2) is 23.1 Å². The van der Waals surface area contributed by atoms with Crippen molar-refractivity contribution in [2.45, 2.75) is 19.8 Å². The lowest BCUT2D eigenvalue weighted by Gasteiger charge is -2.16. The Morgan fingerprint density at radius 3 is 2.65 bits per heavy atom. The molecule has 1 aromatic carbocycles. The lowest BCUT2D eigenvalue weighted by molar-refractivity contribution is -0.117. The number of hydrogen-bond donors (Lipinski definition) is 3. The van der Waals surface area contributed by atoms with Gasteiger partial charge in [0.2, 0.25) is 5.91 Å². The molecule has 0 spiro atoms. The fourth-order valence-electron chi connectivity index (χ4n) is 3.09. The van der Waals surface area contributed by atoms with E-state index in [1.807, 2.05) is 19.1 Å². The van der Waals surface area contributed by atoms with Crippen molar-refractivity contribution in [2.24, 2.45) is 7.05 Å². The average Bonchev–Trinajstić information content (AvgIpc) is 3.27. The maximum atomic E-state index is 12.4. The van der Waals surface area contributed by atoms with Crippen molar-refractivity contribution < 1.29 is 19.1 Å². The van der Waals surface area contributed by atoms with Crippen molar-refractivity contribution in [1.29, 1.82) is 0 Å². The zero-order chi connectivity index (χ0) is 24.5. The molecule has 0 atom stereocenters. The third-order valence-corrected chi connectivity index (χ3v) is 4.65. The highest BCUT2D eigenvalue weighted by Gasteiger charge is 2.19. The summed E-state index contributed by atoms with van der Waals surface area (Å²) < 4.78 is 12.6. The quantitative estimate of drug-likeness (QED) is 0.360. The van der Waals surface area contributed by atoms with Gasteiger partial charge in [-0.25, -0.2) is 4.98 Å². The summed E-state index contributed by atoms with van der Waals surface area (Å²) in [5.41, 5.74) is 1.60. The Morgan fingerprint density at radius 1 is 1.15 bits per heavy atom. The molecule has 0 aliphatic heterocycles. The summed E-state index contributed by atoms with van der Waals surface area (Å²) in [7, 11) is 4.80.